The Labute approximate surface area is 177 Å². The maximum atomic E-state index is 13.1. The van der Waals surface area contributed by atoms with Crippen LogP contribution < -0.4 is 10.5 Å². The van der Waals surface area contributed by atoms with Gasteiger partial charge in [-0.15, -0.1) is 0 Å². The molecule has 5 heteroatoms. The third-order valence-electron chi connectivity index (χ3n) is 7.58. The van der Waals surface area contributed by atoms with Crippen molar-refractivity contribution in [3.63, 3.8) is 0 Å². The maximum absolute atomic E-state index is 13.1. The number of hydrogen-bond donors (Lipinski definition) is 1. The molecular formula is C25H29N3O2. The van der Waals surface area contributed by atoms with E-state index in [9.17, 15) is 4.79 Å². The van der Waals surface area contributed by atoms with Gasteiger partial charge in [-0.2, -0.15) is 0 Å². The summed E-state index contributed by atoms with van der Waals surface area (Å²) in [5.41, 5.74) is 9.06. The van der Waals surface area contributed by atoms with Gasteiger partial charge in [0, 0.05) is 18.4 Å². The van der Waals surface area contributed by atoms with Gasteiger partial charge in [0.1, 0.15) is 5.75 Å². The first-order valence-corrected chi connectivity index (χ1v) is 10.9. The number of methoxy groups -OCH3 is 1. The Balaban J connectivity index is 1.55. The van der Waals surface area contributed by atoms with Crippen LogP contribution in [0.15, 0.2) is 48.8 Å². The van der Waals surface area contributed by atoms with Crippen LogP contribution >= 0.6 is 0 Å². The van der Waals surface area contributed by atoms with Crippen molar-refractivity contribution < 1.29 is 9.53 Å². The number of piperidine rings is 3. The molecule has 156 valence electrons. The van der Waals surface area contributed by atoms with Crippen molar-refractivity contribution >= 4 is 12.0 Å². The van der Waals surface area contributed by atoms with Crippen LogP contribution in [0.5, 0.6) is 5.75 Å². The van der Waals surface area contributed by atoms with Crippen molar-refractivity contribution in [3.05, 3.63) is 65.5 Å². The van der Waals surface area contributed by atoms with Gasteiger partial charge in [-0.25, -0.2) is 0 Å². The Morgan fingerprint density at radius 2 is 2.13 bits per heavy atom. The molecule has 1 aliphatic carbocycles. The van der Waals surface area contributed by atoms with Crippen molar-refractivity contribution in [1.82, 2.24) is 9.88 Å². The Bertz CT molecular complexity index is 966. The van der Waals surface area contributed by atoms with E-state index in [1.165, 1.54) is 11.1 Å². The number of carbonyl (C=O) groups is 1. The fraction of sp³-hybridized carbons (Fsp3) is 0.440. The number of amides is 1. The average Bonchev–Trinajstić information content (AvgIpc) is 2.79. The van der Waals surface area contributed by atoms with Gasteiger partial charge >= 0.3 is 0 Å². The van der Waals surface area contributed by atoms with Crippen LogP contribution in [-0.2, 0) is 17.6 Å². The van der Waals surface area contributed by atoms with Crippen molar-refractivity contribution in [3.8, 4) is 5.75 Å². The lowest BCUT2D eigenvalue weighted by molar-refractivity contribution is -0.137. The number of benzene rings is 1. The number of fused-ring (bicyclic) bond motifs is 4. The van der Waals surface area contributed by atoms with Crippen molar-refractivity contribution in [2.45, 2.75) is 31.7 Å². The number of carbonyl (C=O) groups excluding carboxylic acids is 1. The molecule has 30 heavy (non-hydrogen) atoms. The molecule has 6 rings (SSSR count). The monoisotopic (exact) mass is 403 g/mol. The minimum absolute atomic E-state index is 0.199. The van der Waals surface area contributed by atoms with Crippen LogP contribution in [0.4, 0.5) is 0 Å². The number of ether oxygens (including phenoxy) is 1. The highest BCUT2D eigenvalue weighted by Gasteiger charge is 2.55. The van der Waals surface area contributed by atoms with Crippen molar-refractivity contribution in [2.75, 3.05) is 20.2 Å². The minimum atomic E-state index is -0.655. The number of nitrogens with two attached hydrogens (primary N) is 1. The summed E-state index contributed by atoms with van der Waals surface area (Å²) in [7, 11) is 1.68. The molecule has 0 saturated carbocycles. The zero-order chi connectivity index (χ0) is 20.7. The molecule has 3 aliphatic heterocycles. The van der Waals surface area contributed by atoms with Crippen molar-refractivity contribution in [2.24, 2.45) is 23.0 Å². The number of nitrogens with zero attached hydrogens (tertiary/aromatic N) is 2. The predicted molar refractivity (Wildman–Crippen MR) is 117 cm³/mol. The molecular weight excluding hydrogens is 374 g/mol. The summed E-state index contributed by atoms with van der Waals surface area (Å²) in [6, 6.07) is 10.6. The average molecular weight is 404 g/mol. The second-order valence-electron chi connectivity index (χ2n) is 9.01. The first-order chi connectivity index (χ1) is 14.6. The van der Waals surface area contributed by atoms with Crippen LogP contribution in [-0.4, -0.2) is 42.0 Å². The maximum Gasteiger partial charge on any atom is 0.228 e. The standard InChI is InChI=1S/C25H29N3O2/c1-30-21-5-4-20-15-25(24(26)29,9-6-19(20)14-21)23-18-7-11-28(12-8-18)22(23)13-17-3-2-10-27-16-17/h2-6,9-10,14,16,18,22-23H,7-8,11-13,15H2,1H3,(H2,26,29). The Hall–Kier alpha value is -2.66. The molecule has 1 aromatic carbocycles. The van der Waals surface area contributed by atoms with Crippen LogP contribution in [0.3, 0.4) is 0 Å². The molecule has 4 aliphatic rings. The molecule has 2 N–H and O–H groups in total. The van der Waals surface area contributed by atoms with E-state index in [1.807, 2.05) is 30.6 Å². The first kappa shape index (κ1) is 19.3. The Morgan fingerprint density at radius 3 is 2.83 bits per heavy atom. The van der Waals surface area contributed by atoms with Gasteiger partial charge in [-0.05, 0) is 85.5 Å². The lowest BCUT2D eigenvalue weighted by Gasteiger charge is -2.57. The second kappa shape index (κ2) is 7.55. The van der Waals surface area contributed by atoms with Crippen LogP contribution in [0.1, 0.15) is 29.5 Å². The quantitative estimate of drug-likeness (QED) is 0.833. The summed E-state index contributed by atoms with van der Waals surface area (Å²) >= 11 is 0. The van der Waals surface area contributed by atoms with Gasteiger partial charge in [0.05, 0.1) is 12.5 Å². The van der Waals surface area contributed by atoms with Gasteiger partial charge in [0.15, 0.2) is 0 Å². The molecule has 2 bridgehead atoms. The van der Waals surface area contributed by atoms with E-state index in [0.717, 1.165) is 43.7 Å². The lowest BCUT2D eigenvalue weighted by atomic mass is 9.56. The molecule has 3 saturated heterocycles. The molecule has 1 aromatic heterocycles. The summed E-state index contributed by atoms with van der Waals surface area (Å²) in [4.78, 5) is 20.0. The fourth-order valence-corrected chi connectivity index (χ4v) is 6.12. The number of aromatic nitrogens is 1. The van der Waals surface area contributed by atoms with Crippen LogP contribution in [0, 0.1) is 17.3 Å². The highest BCUT2D eigenvalue weighted by molar-refractivity contribution is 5.86. The van der Waals surface area contributed by atoms with E-state index >= 15 is 0 Å². The largest absolute Gasteiger partial charge is 0.497 e. The van der Waals surface area contributed by atoms with Gasteiger partial charge in [-0.3, -0.25) is 14.7 Å². The topological polar surface area (TPSA) is 68.5 Å². The lowest BCUT2D eigenvalue weighted by Crippen LogP contribution is -2.63. The van der Waals surface area contributed by atoms with E-state index in [0.29, 0.717) is 18.4 Å². The third kappa shape index (κ3) is 3.12. The molecule has 5 nitrogen and oxygen atoms in total. The first-order valence-electron chi connectivity index (χ1n) is 10.9. The second-order valence-corrected chi connectivity index (χ2v) is 9.01. The third-order valence-corrected chi connectivity index (χ3v) is 7.58. The Morgan fingerprint density at radius 1 is 1.30 bits per heavy atom. The smallest absolute Gasteiger partial charge is 0.228 e. The zero-order valence-corrected chi connectivity index (χ0v) is 17.5. The summed E-state index contributed by atoms with van der Waals surface area (Å²) in [6.45, 7) is 2.22. The molecule has 0 radical (unpaired) electrons. The van der Waals surface area contributed by atoms with E-state index in [1.54, 1.807) is 7.11 Å². The normalized spacial score (nSPS) is 31.9. The molecule has 2 aromatic rings. The van der Waals surface area contributed by atoms with E-state index < -0.39 is 5.41 Å². The summed E-state index contributed by atoms with van der Waals surface area (Å²) in [5, 5.41) is 0. The number of rotatable bonds is 5. The fourth-order valence-electron chi connectivity index (χ4n) is 6.12. The highest BCUT2D eigenvalue weighted by Crippen LogP contribution is 2.51. The molecule has 1 amide bonds. The van der Waals surface area contributed by atoms with E-state index in [-0.39, 0.29) is 11.8 Å². The van der Waals surface area contributed by atoms with Crippen molar-refractivity contribution in [1.29, 1.82) is 0 Å². The predicted octanol–water partition coefficient (Wildman–Crippen LogP) is 3.08. The number of pyridine rings is 1. The zero-order valence-electron chi connectivity index (χ0n) is 17.5. The molecule has 3 fully saturated rings. The molecule has 4 heterocycles. The molecule has 3 atom stereocenters. The number of primary amides is 1. The highest BCUT2D eigenvalue weighted by atomic mass is 16.5. The minimum Gasteiger partial charge on any atom is -0.497 e. The van der Waals surface area contributed by atoms with Gasteiger partial charge in [0.25, 0.3) is 0 Å². The van der Waals surface area contributed by atoms with E-state index in [4.69, 9.17) is 10.5 Å². The summed E-state index contributed by atoms with van der Waals surface area (Å²) in [6.07, 6.45) is 11.8. The molecule has 0 spiro atoms. The Kier molecular flexibility index (Phi) is 4.86. The molecule has 3 unspecified atom stereocenters. The number of hydrogen-bond acceptors (Lipinski definition) is 4. The van der Waals surface area contributed by atoms with Gasteiger partial charge in [0.2, 0.25) is 5.91 Å². The summed E-state index contributed by atoms with van der Waals surface area (Å²) in [5.74, 6) is 1.37. The summed E-state index contributed by atoms with van der Waals surface area (Å²) < 4.78 is 5.38. The van der Waals surface area contributed by atoms with Crippen LogP contribution in [0.25, 0.3) is 6.08 Å². The van der Waals surface area contributed by atoms with E-state index in [2.05, 4.69) is 34.2 Å². The van der Waals surface area contributed by atoms with Gasteiger partial charge in [-0.1, -0.05) is 24.3 Å². The van der Waals surface area contributed by atoms with Crippen LogP contribution in [0.2, 0.25) is 0 Å². The van der Waals surface area contributed by atoms with Gasteiger partial charge < -0.3 is 10.5 Å². The SMILES string of the molecule is COc1ccc2c(c1)C=CC(C(N)=O)(C1C3CCN(CC3)C1Cc1cccnc1)C2.